The minimum atomic E-state index is -0.210. The molecule has 124 valence electrons. The molecule has 0 radical (unpaired) electrons. The zero-order valence-electron chi connectivity index (χ0n) is 13.7. The maximum atomic E-state index is 12.2. The third-order valence-corrected chi connectivity index (χ3v) is 5.32. The molecule has 24 heavy (non-hydrogen) atoms. The predicted octanol–water partition coefficient (Wildman–Crippen LogP) is 3.50. The number of nitrogens with two attached hydrogens (primary N) is 1. The van der Waals surface area contributed by atoms with Crippen molar-refractivity contribution >= 4 is 17.4 Å². The predicted molar refractivity (Wildman–Crippen MR) is 94.7 cm³/mol. The molecular formula is C19H20ClN3O. The summed E-state index contributed by atoms with van der Waals surface area (Å²) in [6.45, 7) is 1.91. The number of ketones is 1. The smallest absolute Gasteiger partial charge is 0.178 e. The summed E-state index contributed by atoms with van der Waals surface area (Å²) in [7, 11) is 0. The summed E-state index contributed by atoms with van der Waals surface area (Å²) < 4.78 is 2.06. The first-order chi connectivity index (χ1) is 11.5. The third kappa shape index (κ3) is 2.98. The summed E-state index contributed by atoms with van der Waals surface area (Å²) in [4.78, 5) is 12.0. The standard InChI is InChI=1S/C19H20ClN3O/c1-13-17(18(24)12-22)9-16(10-19(20)7-2-8-19)23(13)15-5-3-14(11-21)4-6-15/h3-6,9H,2,7-8,10,12,22H2,1H3. The summed E-state index contributed by atoms with van der Waals surface area (Å²) in [5, 5.41) is 8.98. The Bertz CT molecular complexity index is 810. The Kier molecular flexibility index (Phi) is 4.49. The van der Waals surface area contributed by atoms with Crippen molar-refractivity contribution in [2.24, 2.45) is 5.73 Å². The van der Waals surface area contributed by atoms with Crippen LogP contribution in [0.15, 0.2) is 30.3 Å². The zero-order valence-corrected chi connectivity index (χ0v) is 14.4. The quantitative estimate of drug-likeness (QED) is 0.668. The van der Waals surface area contributed by atoms with Crippen LogP contribution in [0.5, 0.6) is 0 Å². The number of rotatable bonds is 5. The molecule has 1 aromatic heterocycles. The average Bonchev–Trinajstić information content (AvgIpc) is 2.89. The molecule has 0 bridgehead atoms. The maximum absolute atomic E-state index is 12.2. The van der Waals surface area contributed by atoms with Gasteiger partial charge in [0, 0.05) is 29.1 Å². The van der Waals surface area contributed by atoms with Crippen LogP contribution >= 0.6 is 11.6 Å². The molecule has 2 N–H and O–H groups in total. The van der Waals surface area contributed by atoms with E-state index in [2.05, 4.69) is 10.6 Å². The Morgan fingerprint density at radius 3 is 2.54 bits per heavy atom. The van der Waals surface area contributed by atoms with E-state index in [1.807, 2.05) is 25.1 Å². The van der Waals surface area contributed by atoms with Crippen LogP contribution in [0.3, 0.4) is 0 Å². The molecule has 0 amide bonds. The van der Waals surface area contributed by atoms with Gasteiger partial charge in [0.15, 0.2) is 5.78 Å². The lowest BCUT2D eigenvalue weighted by molar-refractivity contribution is 0.100. The molecule has 3 rings (SSSR count). The first-order valence-corrected chi connectivity index (χ1v) is 8.49. The largest absolute Gasteiger partial charge is 0.324 e. The highest BCUT2D eigenvalue weighted by Crippen LogP contribution is 2.42. The van der Waals surface area contributed by atoms with Crippen LogP contribution in [0.25, 0.3) is 5.69 Å². The minimum absolute atomic E-state index is 0.0102. The van der Waals surface area contributed by atoms with Gasteiger partial charge in [-0.15, -0.1) is 11.6 Å². The van der Waals surface area contributed by atoms with Gasteiger partial charge in [-0.2, -0.15) is 5.26 Å². The van der Waals surface area contributed by atoms with Gasteiger partial charge in [0.1, 0.15) is 0 Å². The summed E-state index contributed by atoms with van der Waals surface area (Å²) >= 11 is 6.66. The molecule has 5 heteroatoms. The second kappa shape index (κ2) is 6.43. The van der Waals surface area contributed by atoms with Crippen molar-refractivity contribution in [1.82, 2.24) is 4.57 Å². The van der Waals surface area contributed by atoms with Gasteiger partial charge in [0.05, 0.1) is 23.1 Å². The molecule has 1 aromatic carbocycles. The van der Waals surface area contributed by atoms with Gasteiger partial charge in [-0.3, -0.25) is 4.79 Å². The SMILES string of the molecule is Cc1c(C(=O)CN)cc(CC2(Cl)CCC2)n1-c1ccc(C#N)cc1. The molecule has 4 nitrogen and oxygen atoms in total. The van der Waals surface area contributed by atoms with E-state index in [-0.39, 0.29) is 17.2 Å². The summed E-state index contributed by atoms with van der Waals surface area (Å²) in [5.41, 5.74) is 9.62. The number of nitrogens with zero attached hydrogens (tertiary/aromatic N) is 2. The van der Waals surface area contributed by atoms with Crippen LogP contribution in [0.1, 0.15) is 46.6 Å². The monoisotopic (exact) mass is 341 g/mol. The Hall–Kier alpha value is -2.09. The van der Waals surface area contributed by atoms with Crippen LogP contribution in [0.4, 0.5) is 0 Å². The van der Waals surface area contributed by atoms with E-state index in [4.69, 9.17) is 22.6 Å². The molecular weight excluding hydrogens is 322 g/mol. The van der Waals surface area contributed by atoms with Crippen molar-refractivity contribution in [3.63, 3.8) is 0 Å². The van der Waals surface area contributed by atoms with Crippen LogP contribution in [-0.4, -0.2) is 21.8 Å². The number of nitriles is 1. The Balaban J connectivity index is 2.08. The molecule has 0 saturated heterocycles. The molecule has 1 heterocycles. The first kappa shape index (κ1) is 16.8. The molecule has 0 unspecified atom stereocenters. The topological polar surface area (TPSA) is 71.8 Å². The number of hydrogen-bond acceptors (Lipinski definition) is 3. The number of aromatic nitrogens is 1. The fourth-order valence-electron chi connectivity index (χ4n) is 3.30. The van der Waals surface area contributed by atoms with Crippen molar-refractivity contribution in [2.75, 3.05) is 6.54 Å². The van der Waals surface area contributed by atoms with Crippen molar-refractivity contribution in [2.45, 2.75) is 37.5 Å². The lowest BCUT2D eigenvalue weighted by Gasteiger charge is -2.36. The van der Waals surface area contributed by atoms with Gasteiger partial charge >= 0.3 is 0 Å². The second-order valence-electron chi connectivity index (χ2n) is 6.44. The summed E-state index contributed by atoms with van der Waals surface area (Å²) in [6, 6.07) is 11.4. The molecule has 2 aromatic rings. The Morgan fingerprint density at radius 1 is 1.38 bits per heavy atom. The number of Topliss-reactive ketones (excluding diaryl/α,β-unsaturated/α-hetero) is 1. The van der Waals surface area contributed by atoms with Gasteiger partial charge in [0.2, 0.25) is 0 Å². The highest BCUT2D eigenvalue weighted by molar-refractivity contribution is 6.24. The third-order valence-electron chi connectivity index (χ3n) is 4.81. The van der Waals surface area contributed by atoms with E-state index in [1.54, 1.807) is 12.1 Å². The van der Waals surface area contributed by atoms with Crippen LogP contribution in [0.2, 0.25) is 0 Å². The Labute approximate surface area is 146 Å². The van der Waals surface area contributed by atoms with Crippen molar-refractivity contribution in [3.05, 3.63) is 52.8 Å². The molecule has 1 aliphatic rings. The normalized spacial score (nSPS) is 15.6. The van der Waals surface area contributed by atoms with Gasteiger partial charge in [-0.25, -0.2) is 0 Å². The fourth-order valence-corrected chi connectivity index (χ4v) is 3.70. The van der Waals surface area contributed by atoms with Crippen molar-refractivity contribution < 1.29 is 4.79 Å². The van der Waals surface area contributed by atoms with E-state index in [0.29, 0.717) is 17.5 Å². The molecule has 0 spiro atoms. The van der Waals surface area contributed by atoms with E-state index in [9.17, 15) is 4.79 Å². The molecule has 1 saturated carbocycles. The number of benzene rings is 1. The second-order valence-corrected chi connectivity index (χ2v) is 7.24. The van der Waals surface area contributed by atoms with E-state index >= 15 is 0 Å². The van der Waals surface area contributed by atoms with Gasteiger partial charge in [-0.1, -0.05) is 0 Å². The number of alkyl halides is 1. The summed E-state index contributed by atoms with van der Waals surface area (Å²) in [5.74, 6) is -0.0709. The number of carbonyl (C=O) groups excluding carboxylic acids is 1. The molecule has 1 fully saturated rings. The fraction of sp³-hybridized carbons (Fsp3) is 0.368. The van der Waals surface area contributed by atoms with E-state index < -0.39 is 0 Å². The first-order valence-electron chi connectivity index (χ1n) is 8.11. The van der Waals surface area contributed by atoms with E-state index in [1.165, 1.54) is 0 Å². The van der Waals surface area contributed by atoms with Crippen molar-refractivity contribution in [3.8, 4) is 11.8 Å². The average molecular weight is 342 g/mol. The lowest BCUT2D eigenvalue weighted by Crippen LogP contribution is -2.33. The highest BCUT2D eigenvalue weighted by Gasteiger charge is 2.36. The Morgan fingerprint density at radius 2 is 2.04 bits per heavy atom. The molecule has 1 aliphatic carbocycles. The van der Waals surface area contributed by atoms with Gasteiger partial charge in [0.25, 0.3) is 0 Å². The lowest BCUT2D eigenvalue weighted by atomic mass is 9.81. The van der Waals surface area contributed by atoms with Gasteiger partial charge in [-0.05, 0) is 56.5 Å². The maximum Gasteiger partial charge on any atom is 0.178 e. The van der Waals surface area contributed by atoms with Crippen molar-refractivity contribution in [1.29, 1.82) is 5.26 Å². The number of hydrogen-bond donors (Lipinski definition) is 1. The zero-order chi connectivity index (χ0) is 17.3. The van der Waals surface area contributed by atoms with E-state index in [0.717, 1.165) is 36.3 Å². The van der Waals surface area contributed by atoms with Crippen LogP contribution < -0.4 is 5.73 Å². The number of carbonyl (C=O) groups is 1. The molecule has 0 aliphatic heterocycles. The summed E-state index contributed by atoms with van der Waals surface area (Å²) in [6.07, 6.45) is 3.85. The number of halogens is 1. The highest BCUT2D eigenvalue weighted by atomic mass is 35.5. The van der Waals surface area contributed by atoms with Gasteiger partial charge < -0.3 is 10.3 Å². The molecule has 0 atom stereocenters. The van der Waals surface area contributed by atoms with Crippen LogP contribution in [0, 0.1) is 18.3 Å². The minimum Gasteiger partial charge on any atom is -0.324 e. The van der Waals surface area contributed by atoms with Crippen LogP contribution in [-0.2, 0) is 6.42 Å².